The summed E-state index contributed by atoms with van der Waals surface area (Å²) in [6, 6.07) is 14.9. The summed E-state index contributed by atoms with van der Waals surface area (Å²) in [5.41, 5.74) is 5.09. The predicted octanol–water partition coefficient (Wildman–Crippen LogP) is 5.82. The van der Waals surface area contributed by atoms with Gasteiger partial charge in [-0.05, 0) is 61.1 Å². The van der Waals surface area contributed by atoms with Crippen LogP contribution in [-0.2, 0) is 17.1 Å². The van der Waals surface area contributed by atoms with Crippen LogP contribution in [0.15, 0.2) is 47.5 Å². The number of aromatic nitrogens is 1. The van der Waals surface area contributed by atoms with Gasteiger partial charge in [0.05, 0.1) is 10.2 Å². The van der Waals surface area contributed by atoms with Crippen molar-refractivity contribution in [1.82, 2.24) is 4.57 Å². The summed E-state index contributed by atoms with van der Waals surface area (Å²) in [7, 11) is 0. The number of aryl methyl sites for hydroxylation is 3. The minimum atomic E-state index is -0.0109. The number of amides is 1. The van der Waals surface area contributed by atoms with Crippen molar-refractivity contribution in [1.29, 1.82) is 0 Å². The van der Waals surface area contributed by atoms with Gasteiger partial charge in [0, 0.05) is 24.5 Å². The molecule has 0 aliphatic rings. The van der Waals surface area contributed by atoms with Gasteiger partial charge in [-0.1, -0.05) is 41.7 Å². The third kappa shape index (κ3) is 6.24. The third-order valence-corrected chi connectivity index (χ3v) is 7.58. The van der Waals surface area contributed by atoms with Gasteiger partial charge in [-0.25, -0.2) is 0 Å². The molecule has 1 aromatic heterocycles. The van der Waals surface area contributed by atoms with Gasteiger partial charge >= 0.3 is 0 Å². The molecule has 0 aliphatic carbocycles. The highest BCUT2D eigenvalue weighted by molar-refractivity contribution is 7.98. The van der Waals surface area contributed by atoms with E-state index in [4.69, 9.17) is 0 Å². The van der Waals surface area contributed by atoms with E-state index in [0.29, 0.717) is 6.42 Å². The third-order valence-electron chi connectivity index (χ3n) is 4.83. The highest BCUT2D eigenvalue weighted by Crippen LogP contribution is 2.22. The maximum Gasteiger partial charge on any atom is 0.248 e. The molecular formula is C23H28N2OS3. The largest absolute Gasteiger partial charge is 0.316 e. The molecule has 0 N–H and O–H groups in total. The second-order valence-electron chi connectivity index (χ2n) is 7.08. The Morgan fingerprint density at radius 2 is 1.86 bits per heavy atom. The second kappa shape index (κ2) is 11.0. The van der Waals surface area contributed by atoms with Gasteiger partial charge in [0.1, 0.15) is 0 Å². The van der Waals surface area contributed by atoms with Crippen LogP contribution in [0.1, 0.15) is 29.5 Å². The van der Waals surface area contributed by atoms with E-state index in [-0.39, 0.29) is 5.91 Å². The van der Waals surface area contributed by atoms with Crippen molar-refractivity contribution in [3.63, 3.8) is 0 Å². The summed E-state index contributed by atoms with van der Waals surface area (Å²) < 4.78 is 3.42. The summed E-state index contributed by atoms with van der Waals surface area (Å²) in [6.07, 6.45) is 3.49. The lowest BCUT2D eigenvalue weighted by Gasteiger charge is -2.06. The Morgan fingerprint density at radius 3 is 2.62 bits per heavy atom. The van der Waals surface area contributed by atoms with Crippen LogP contribution < -0.4 is 4.80 Å². The number of hydrogen-bond donors (Lipinski definition) is 0. The molecule has 0 spiro atoms. The zero-order valence-corrected chi connectivity index (χ0v) is 19.8. The molecule has 0 bridgehead atoms. The fraction of sp³-hybridized carbons (Fsp3) is 0.391. The molecule has 0 radical (unpaired) electrons. The lowest BCUT2D eigenvalue weighted by Crippen LogP contribution is -2.18. The van der Waals surface area contributed by atoms with Crippen molar-refractivity contribution < 1.29 is 4.79 Å². The number of rotatable bonds is 9. The van der Waals surface area contributed by atoms with Crippen LogP contribution in [0.25, 0.3) is 10.2 Å². The van der Waals surface area contributed by atoms with E-state index in [1.54, 1.807) is 11.3 Å². The van der Waals surface area contributed by atoms with Crippen molar-refractivity contribution in [2.24, 2.45) is 4.99 Å². The first-order chi connectivity index (χ1) is 14.1. The Morgan fingerprint density at radius 1 is 1.10 bits per heavy atom. The number of thiazole rings is 1. The first-order valence-electron chi connectivity index (χ1n) is 9.87. The van der Waals surface area contributed by atoms with Crippen LogP contribution in [0.2, 0.25) is 0 Å². The standard InChI is InChI=1S/C23H28N2OS3/c1-17-14-20-21(15-18(17)2)29-23(25(20)11-13-27-3)24-22(26)10-7-12-28-16-19-8-5-4-6-9-19/h4-6,8-9,14-15H,7,10-13,16H2,1-3H3. The zero-order chi connectivity index (χ0) is 20.6. The summed E-state index contributed by atoms with van der Waals surface area (Å²) in [5.74, 6) is 2.97. The molecule has 6 heteroatoms. The van der Waals surface area contributed by atoms with Gasteiger partial charge in [-0.3, -0.25) is 4.79 Å². The quantitative estimate of drug-likeness (QED) is 0.390. The van der Waals surface area contributed by atoms with Gasteiger partial charge in [0.25, 0.3) is 0 Å². The Balaban J connectivity index is 1.65. The lowest BCUT2D eigenvalue weighted by molar-refractivity contribution is -0.118. The van der Waals surface area contributed by atoms with Crippen LogP contribution in [0.4, 0.5) is 0 Å². The van der Waals surface area contributed by atoms with Crippen LogP contribution in [0.5, 0.6) is 0 Å². The maximum atomic E-state index is 12.5. The molecule has 29 heavy (non-hydrogen) atoms. The zero-order valence-electron chi connectivity index (χ0n) is 17.3. The summed E-state index contributed by atoms with van der Waals surface area (Å²) in [5, 5.41) is 0. The van der Waals surface area contributed by atoms with Crippen LogP contribution in [0.3, 0.4) is 0 Å². The lowest BCUT2D eigenvalue weighted by atomic mass is 10.1. The fourth-order valence-electron chi connectivity index (χ4n) is 3.06. The van der Waals surface area contributed by atoms with Crippen molar-refractivity contribution in [2.45, 2.75) is 39.0 Å². The smallest absolute Gasteiger partial charge is 0.248 e. The number of fused-ring (bicyclic) bond motifs is 1. The van der Waals surface area contributed by atoms with Crippen molar-refractivity contribution in [3.05, 3.63) is 64.0 Å². The molecule has 0 fully saturated rings. The van der Waals surface area contributed by atoms with E-state index in [9.17, 15) is 4.79 Å². The minimum absolute atomic E-state index is 0.0109. The number of nitrogens with zero attached hydrogens (tertiary/aromatic N) is 2. The molecule has 0 aliphatic heterocycles. The highest BCUT2D eigenvalue weighted by atomic mass is 32.2. The molecule has 1 amide bonds. The Bertz CT molecular complexity index is 1020. The summed E-state index contributed by atoms with van der Waals surface area (Å²) >= 11 is 5.32. The average Bonchev–Trinajstić information content (AvgIpc) is 3.03. The van der Waals surface area contributed by atoms with E-state index in [1.165, 1.54) is 26.9 Å². The van der Waals surface area contributed by atoms with Crippen molar-refractivity contribution in [3.8, 4) is 0 Å². The Kier molecular flexibility index (Phi) is 8.45. The van der Waals surface area contributed by atoms with Crippen LogP contribution >= 0.6 is 34.9 Å². The molecule has 0 unspecified atom stereocenters. The van der Waals surface area contributed by atoms with Gasteiger partial charge < -0.3 is 4.57 Å². The molecule has 0 saturated carbocycles. The molecule has 0 atom stereocenters. The highest BCUT2D eigenvalue weighted by Gasteiger charge is 2.09. The first kappa shape index (κ1) is 22.2. The SMILES string of the molecule is CSCCn1c(=NC(=O)CCCSCc2ccccc2)sc2cc(C)c(C)cc21. The van der Waals surface area contributed by atoms with E-state index >= 15 is 0 Å². The molecular weight excluding hydrogens is 416 g/mol. The number of carbonyl (C=O) groups excluding carboxylic acids is 1. The predicted molar refractivity (Wildman–Crippen MR) is 130 cm³/mol. The average molecular weight is 445 g/mol. The Hall–Kier alpha value is -1.50. The number of benzene rings is 2. The summed E-state index contributed by atoms with van der Waals surface area (Å²) in [6.45, 7) is 5.15. The fourth-order valence-corrected chi connectivity index (χ4v) is 5.50. The first-order valence-corrected chi connectivity index (χ1v) is 13.2. The van der Waals surface area contributed by atoms with Crippen molar-refractivity contribution in [2.75, 3.05) is 17.8 Å². The minimum Gasteiger partial charge on any atom is -0.316 e. The monoisotopic (exact) mass is 444 g/mol. The van der Waals surface area contributed by atoms with Gasteiger partial charge in [0.15, 0.2) is 4.80 Å². The van der Waals surface area contributed by atoms with Gasteiger partial charge in [-0.15, -0.1) is 0 Å². The molecule has 3 rings (SSSR count). The number of carbonyl (C=O) groups is 1. The second-order valence-corrected chi connectivity index (χ2v) is 10.2. The van der Waals surface area contributed by atoms with E-state index < -0.39 is 0 Å². The molecule has 3 nitrogen and oxygen atoms in total. The molecule has 3 aromatic rings. The molecule has 154 valence electrons. The number of hydrogen-bond acceptors (Lipinski definition) is 4. The van der Waals surface area contributed by atoms with Gasteiger partial charge in [0.2, 0.25) is 5.91 Å². The van der Waals surface area contributed by atoms with Gasteiger partial charge in [-0.2, -0.15) is 28.5 Å². The normalized spacial score (nSPS) is 12.0. The summed E-state index contributed by atoms with van der Waals surface area (Å²) in [4.78, 5) is 17.8. The van der Waals surface area contributed by atoms with E-state index in [1.807, 2.05) is 29.6 Å². The number of thioether (sulfide) groups is 2. The Labute approximate surface area is 185 Å². The van der Waals surface area contributed by atoms with E-state index in [0.717, 1.165) is 35.0 Å². The molecule has 1 heterocycles. The van der Waals surface area contributed by atoms with Crippen LogP contribution in [0, 0.1) is 13.8 Å². The maximum absolute atomic E-state index is 12.5. The molecule has 0 saturated heterocycles. The van der Waals surface area contributed by atoms with E-state index in [2.05, 4.69) is 66.1 Å². The van der Waals surface area contributed by atoms with Crippen LogP contribution in [-0.4, -0.2) is 28.2 Å². The van der Waals surface area contributed by atoms with Crippen molar-refractivity contribution >= 4 is 51.0 Å². The topological polar surface area (TPSA) is 34.4 Å². The molecule has 2 aromatic carbocycles.